The van der Waals surface area contributed by atoms with Gasteiger partial charge in [0.1, 0.15) is 5.82 Å². The molecular weight excluding hydrogens is 321 g/mol. The van der Waals surface area contributed by atoms with Gasteiger partial charge in [0.2, 0.25) is 0 Å². The summed E-state index contributed by atoms with van der Waals surface area (Å²) < 4.78 is 87.4. The van der Waals surface area contributed by atoms with Crippen LogP contribution in [0.2, 0.25) is 0 Å². The highest BCUT2D eigenvalue weighted by Crippen LogP contribution is 2.40. The quantitative estimate of drug-likeness (QED) is 0.516. The summed E-state index contributed by atoms with van der Waals surface area (Å²) in [5, 5.41) is -0.670. The van der Waals surface area contributed by atoms with E-state index in [0.29, 0.717) is 0 Å². The summed E-state index contributed by atoms with van der Waals surface area (Å²) in [6.07, 6.45) is -10.1. The molecule has 0 aliphatic heterocycles. The normalized spacial score (nSPS) is 12.9. The first-order chi connectivity index (χ1) is 7.57. The van der Waals surface area contributed by atoms with Crippen LogP contribution in [-0.4, -0.2) is 0 Å². The molecule has 0 aliphatic carbocycles. The molecular formula is C9H4BrF7. The number of alkyl halides is 7. The zero-order chi connectivity index (χ0) is 13.4. The highest BCUT2D eigenvalue weighted by Gasteiger charge is 2.41. The lowest BCUT2D eigenvalue weighted by atomic mass is 10.0. The van der Waals surface area contributed by atoms with Crippen LogP contribution in [0.4, 0.5) is 30.7 Å². The fourth-order valence-corrected chi connectivity index (χ4v) is 1.89. The van der Waals surface area contributed by atoms with Gasteiger partial charge in [-0.1, -0.05) is 15.9 Å². The van der Waals surface area contributed by atoms with Crippen molar-refractivity contribution in [2.45, 2.75) is 17.7 Å². The van der Waals surface area contributed by atoms with E-state index in [-0.39, 0.29) is 12.1 Å². The Labute approximate surface area is 99.6 Å². The second kappa shape index (κ2) is 4.47. The maximum Gasteiger partial charge on any atom is 0.416 e. The van der Waals surface area contributed by atoms with Gasteiger partial charge in [-0.25, -0.2) is 4.39 Å². The average molecular weight is 325 g/mol. The van der Waals surface area contributed by atoms with Gasteiger partial charge in [-0.3, -0.25) is 0 Å². The number of rotatable bonds is 1. The van der Waals surface area contributed by atoms with Crippen LogP contribution in [0.1, 0.15) is 16.7 Å². The van der Waals surface area contributed by atoms with E-state index in [0.717, 1.165) is 0 Å². The van der Waals surface area contributed by atoms with Crippen LogP contribution in [0.5, 0.6) is 0 Å². The van der Waals surface area contributed by atoms with Gasteiger partial charge in [-0.2, -0.15) is 26.3 Å². The number of benzene rings is 1. The molecule has 0 saturated carbocycles. The van der Waals surface area contributed by atoms with Crippen LogP contribution in [0.15, 0.2) is 12.1 Å². The minimum atomic E-state index is -5.04. The molecule has 1 rings (SSSR count). The SMILES string of the molecule is Fc1cc(C(F)(F)F)c(CBr)c(C(F)(F)F)c1. The molecule has 0 nitrogen and oxygen atoms in total. The van der Waals surface area contributed by atoms with Gasteiger partial charge in [-0.15, -0.1) is 0 Å². The molecule has 96 valence electrons. The van der Waals surface area contributed by atoms with E-state index in [9.17, 15) is 30.7 Å². The number of hydrogen-bond acceptors (Lipinski definition) is 0. The predicted molar refractivity (Wildman–Crippen MR) is 49.0 cm³/mol. The van der Waals surface area contributed by atoms with Crippen molar-refractivity contribution < 1.29 is 30.7 Å². The lowest BCUT2D eigenvalue weighted by molar-refractivity contribution is -0.144. The maximum atomic E-state index is 12.8. The number of halogens is 8. The Morgan fingerprint density at radius 3 is 1.47 bits per heavy atom. The second-order valence-corrected chi connectivity index (χ2v) is 3.67. The average Bonchev–Trinajstić information content (AvgIpc) is 2.13. The predicted octanol–water partition coefficient (Wildman–Crippen LogP) is 4.76. The zero-order valence-electron chi connectivity index (χ0n) is 7.89. The summed E-state index contributed by atoms with van der Waals surface area (Å²) in [5.74, 6) is -1.57. The Morgan fingerprint density at radius 2 is 1.24 bits per heavy atom. The molecule has 0 heterocycles. The van der Waals surface area contributed by atoms with Crippen molar-refractivity contribution in [2.75, 3.05) is 0 Å². The monoisotopic (exact) mass is 324 g/mol. The fraction of sp³-hybridized carbons (Fsp3) is 0.333. The molecule has 1 aromatic carbocycles. The Kier molecular flexibility index (Phi) is 3.75. The van der Waals surface area contributed by atoms with Crippen molar-refractivity contribution in [3.05, 3.63) is 34.6 Å². The molecule has 0 spiro atoms. The lowest BCUT2D eigenvalue weighted by Crippen LogP contribution is -2.16. The van der Waals surface area contributed by atoms with Crippen molar-refractivity contribution in [1.82, 2.24) is 0 Å². The summed E-state index contributed by atoms with van der Waals surface area (Å²) in [4.78, 5) is 0. The summed E-state index contributed by atoms with van der Waals surface area (Å²) >= 11 is 2.55. The molecule has 0 saturated heterocycles. The van der Waals surface area contributed by atoms with Gasteiger partial charge in [0.15, 0.2) is 0 Å². The van der Waals surface area contributed by atoms with Gasteiger partial charge in [-0.05, 0) is 17.7 Å². The topological polar surface area (TPSA) is 0 Å². The van der Waals surface area contributed by atoms with E-state index in [1.54, 1.807) is 0 Å². The molecule has 0 atom stereocenters. The molecule has 0 radical (unpaired) electrons. The van der Waals surface area contributed by atoms with E-state index in [4.69, 9.17) is 0 Å². The maximum absolute atomic E-state index is 12.8. The molecule has 0 bridgehead atoms. The Morgan fingerprint density at radius 1 is 0.882 bits per heavy atom. The van der Waals surface area contributed by atoms with Gasteiger partial charge in [0, 0.05) is 5.33 Å². The summed E-state index contributed by atoms with van der Waals surface area (Å²) in [7, 11) is 0. The Balaban J connectivity index is 3.58. The summed E-state index contributed by atoms with van der Waals surface area (Å²) in [6, 6.07) is 0.0949. The molecule has 0 aliphatic rings. The van der Waals surface area contributed by atoms with Crippen molar-refractivity contribution in [2.24, 2.45) is 0 Å². The van der Waals surface area contributed by atoms with Crippen molar-refractivity contribution in [1.29, 1.82) is 0 Å². The van der Waals surface area contributed by atoms with Crippen molar-refractivity contribution >= 4 is 15.9 Å². The van der Waals surface area contributed by atoms with Crippen LogP contribution in [0.25, 0.3) is 0 Å². The molecule has 0 unspecified atom stereocenters. The van der Waals surface area contributed by atoms with Crippen LogP contribution in [-0.2, 0) is 17.7 Å². The van der Waals surface area contributed by atoms with E-state index in [2.05, 4.69) is 15.9 Å². The molecule has 0 N–H and O–H groups in total. The van der Waals surface area contributed by atoms with Crippen molar-refractivity contribution in [3.8, 4) is 0 Å². The van der Waals surface area contributed by atoms with Gasteiger partial charge >= 0.3 is 12.4 Å². The first kappa shape index (κ1) is 14.3. The molecule has 17 heavy (non-hydrogen) atoms. The van der Waals surface area contributed by atoms with Gasteiger partial charge in [0.05, 0.1) is 11.1 Å². The lowest BCUT2D eigenvalue weighted by Gasteiger charge is -2.17. The molecule has 1 aromatic rings. The summed E-state index contributed by atoms with van der Waals surface area (Å²) in [5.41, 5.74) is -4.27. The fourth-order valence-electron chi connectivity index (χ4n) is 1.29. The minimum absolute atomic E-state index is 0.0475. The molecule has 8 heteroatoms. The molecule has 0 fully saturated rings. The van der Waals surface area contributed by atoms with Crippen LogP contribution in [0.3, 0.4) is 0 Å². The summed E-state index contributed by atoms with van der Waals surface area (Å²) in [6.45, 7) is 0. The van der Waals surface area contributed by atoms with Crippen LogP contribution in [0, 0.1) is 5.82 Å². The van der Waals surface area contributed by atoms with Crippen LogP contribution < -0.4 is 0 Å². The smallest absolute Gasteiger partial charge is 0.207 e. The third-order valence-corrected chi connectivity index (χ3v) is 2.52. The third-order valence-electron chi connectivity index (χ3n) is 1.96. The van der Waals surface area contributed by atoms with E-state index < -0.39 is 40.2 Å². The van der Waals surface area contributed by atoms with E-state index >= 15 is 0 Å². The van der Waals surface area contributed by atoms with E-state index in [1.807, 2.05) is 0 Å². The van der Waals surface area contributed by atoms with Gasteiger partial charge in [0.25, 0.3) is 0 Å². The Hall–Kier alpha value is -0.790. The minimum Gasteiger partial charge on any atom is -0.207 e. The number of hydrogen-bond donors (Lipinski definition) is 0. The first-order valence-corrected chi connectivity index (χ1v) is 5.22. The third kappa shape index (κ3) is 3.11. The van der Waals surface area contributed by atoms with E-state index in [1.165, 1.54) is 0 Å². The highest BCUT2D eigenvalue weighted by molar-refractivity contribution is 9.08. The van der Waals surface area contributed by atoms with Crippen LogP contribution >= 0.6 is 15.9 Å². The molecule has 0 amide bonds. The Bertz CT molecular complexity index is 383. The first-order valence-electron chi connectivity index (χ1n) is 4.10. The standard InChI is InChI=1S/C9H4BrF7/c10-3-5-6(8(12,13)14)1-4(11)2-7(5)9(15,16)17/h1-2H,3H2. The molecule has 0 aromatic heterocycles. The van der Waals surface area contributed by atoms with Crippen molar-refractivity contribution in [3.63, 3.8) is 0 Å². The second-order valence-electron chi connectivity index (χ2n) is 3.11. The largest absolute Gasteiger partial charge is 0.416 e. The highest BCUT2D eigenvalue weighted by atomic mass is 79.9. The van der Waals surface area contributed by atoms with Gasteiger partial charge < -0.3 is 0 Å². The zero-order valence-corrected chi connectivity index (χ0v) is 9.47.